The maximum absolute atomic E-state index is 12.5. The third-order valence-electron chi connectivity index (χ3n) is 5.23. The van der Waals surface area contributed by atoms with Gasteiger partial charge in [-0.25, -0.2) is 0 Å². The average Bonchev–Trinajstić information content (AvgIpc) is 3.42. The standard InChI is InChI=1S/C21H19NO5/c23-20(16-5-11-24-13-16)22-8-6-21(7-9-22)26-14-17-12-15(3-4-19(17)27-21)18-2-1-10-25-18/h1-5,10-13H,6-9,14H2. The molecule has 6 heteroatoms. The number of carbonyl (C=O) groups excluding carboxylic acids is 1. The van der Waals surface area contributed by atoms with Gasteiger partial charge < -0.3 is 23.2 Å². The monoisotopic (exact) mass is 365 g/mol. The number of hydrogen-bond donors (Lipinski definition) is 0. The average molecular weight is 365 g/mol. The van der Waals surface area contributed by atoms with Crippen LogP contribution in [-0.2, 0) is 11.3 Å². The molecular weight excluding hydrogens is 346 g/mol. The van der Waals surface area contributed by atoms with E-state index in [9.17, 15) is 4.79 Å². The lowest BCUT2D eigenvalue weighted by atomic mass is 10.00. The molecule has 2 aromatic heterocycles. The van der Waals surface area contributed by atoms with Crippen LogP contribution in [0.15, 0.2) is 64.0 Å². The molecule has 0 radical (unpaired) electrons. The molecule has 1 aromatic carbocycles. The van der Waals surface area contributed by atoms with E-state index in [1.807, 2.05) is 35.2 Å². The van der Waals surface area contributed by atoms with E-state index >= 15 is 0 Å². The molecule has 0 N–H and O–H groups in total. The van der Waals surface area contributed by atoms with Crippen molar-refractivity contribution in [2.75, 3.05) is 13.1 Å². The number of furan rings is 2. The first-order chi connectivity index (χ1) is 13.2. The number of hydrogen-bond acceptors (Lipinski definition) is 5. The minimum Gasteiger partial charge on any atom is -0.472 e. The van der Waals surface area contributed by atoms with Gasteiger partial charge in [-0.15, -0.1) is 0 Å². The molecule has 27 heavy (non-hydrogen) atoms. The summed E-state index contributed by atoms with van der Waals surface area (Å²) in [7, 11) is 0. The maximum Gasteiger partial charge on any atom is 0.257 e. The van der Waals surface area contributed by atoms with Crippen LogP contribution in [0.1, 0.15) is 28.8 Å². The summed E-state index contributed by atoms with van der Waals surface area (Å²) < 4.78 is 22.8. The number of rotatable bonds is 2. The van der Waals surface area contributed by atoms with Crippen molar-refractivity contribution in [2.45, 2.75) is 25.2 Å². The Morgan fingerprint density at radius 1 is 1.07 bits per heavy atom. The van der Waals surface area contributed by atoms with Crippen LogP contribution in [0.25, 0.3) is 11.3 Å². The van der Waals surface area contributed by atoms with Gasteiger partial charge in [-0.05, 0) is 36.4 Å². The molecule has 3 aromatic rings. The van der Waals surface area contributed by atoms with Crippen molar-refractivity contribution in [3.05, 3.63) is 66.3 Å². The third-order valence-corrected chi connectivity index (χ3v) is 5.23. The zero-order chi connectivity index (χ0) is 18.3. The molecule has 1 fully saturated rings. The maximum atomic E-state index is 12.5. The smallest absolute Gasteiger partial charge is 0.257 e. The van der Waals surface area contributed by atoms with Crippen molar-refractivity contribution in [1.82, 2.24) is 4.90 Å². The zero-order valence-electron chi connectivity index (χ0n) is 14.7. The Morgan fingerprint density at radius 3 is 2.70 bits per heavy atom. The Kier molecular flexibility index (Phi) is 3.79. The quantitative estimate of drug-likeness (QED) is 0.685. The molecule has 0 aliphatic carbocycles. The predicted molar refractivity (Wildman–Crippen MR) is 96.1 cm³/mol. The van der Waals surface area contributed by atoms with Gasteiger partial charge in [0.15, 0.2) is 0 Å². The largest absolute Gasteiger partial charge is 0.472 e. The highest BCUT2D eigenvalue weighted by atomic mass is 16.7. The van der Waals surface area contributed by atoms with Gasteiger partial charge in [0.2, 0.25) is 5.79 Å². The fraction of sp³-hybridized carbons (Fsp3) is 0.286. The van der Waals surface area contributed by atoms with Crippen LogP contribution in [0.4, 0.5) is 0 Å². The molecule has 0 saturated carbocycles. The number of amides is 1. The molecule has 0 unspecified atom stereocenters. The highest BCUT2D eigenvalue weighted by molar-refractivity contribution is 5.93. The van der Waals surface area contributed by atoms with Crippen LogP contribution in [0, 0.1) is 0 Å². The summed E-state index contributed by atoms with van der Waals surface area (Å²) in [6, 6.07) is 11.5. The zero-order valence-corrected chi connectivity index (χ0v) is 14.7. The van der Waals surface area contributed by atoms with Crippen molar-refractivity contribution >= 4 is 5.91 Å². The van der Waals surface area contributed by atoms with Gasteiger partial charge in [-0.2, -0.15) is 0 Å². The molecule has 2 aliphatic heterocycles. The van der Waals surface area contributed by atoms with E-state index in [-0.39, 0.29) is 5.91 Å². The summed E-state index contributed by atoms with van der Waals surface area (Å²) in [4.78, 5) is 14.3. The molecule has 6 nitrogen and oxygen atoms in total. The fourth-order valence-electron chi connectivity index (χ4n) is 3.69. The number of fused-ring (bicyclic) bond motifs is 1. The van der Waals surface area contributed by atoms with Gasteiger partial charge in [0.25, 0.3) is 5.91 Å². The summed E-state index contributed by atoms with van der Waals surface area (Å²) in [5.41, 5.74) is 2.58. The number of piperidine rings is 1. The molecule has 0 bridgehead atoms. The Morgan fingerprint density at radius 2 is 1.96 bits per heavy atom. The molecule has 0 atom stereocenters. The summed E-state index contributed by atoms with van der Waals surface area (Å²) in [6.07, 6.45) is 5.93. The summed E-state index contributed by atoms with van der Waals surface area (Å²) in [5, 5.41) is 0. The molecular formula is C21H19NO5. The van der Waals surface area contributed by atoms with Crippen molar-refractivity contribution in [3.63, 3.8) is 0 Å². The summed E-state index contributed by atoms with van der Waals surface area (Å²) in [5.74, 6) is 0.986. The second-order valence-corrected chi connectivity index (χ2v) is 6.91. The molecule has 5 rings (SSSR count). The molecule has 1 spiro atoms. The Hall–Kier alpha value is -2.99. The van der Waals surface area contributed by atoms with E-state index in [1.165, 1.54) is 12.5 Å². The number of nitrogens with zero attached hydrogens (tertiary/aromatic N) is 1. The minimum atomic E-state index is -0.660. The van der Waals surface area contributed by atoms with Crippen LogP contribution >= 0.6 is 0 Å². The normalized spacial score (nSPS) is 18.1. The van der Waals surface area contributed by atoms with Crippen LogP contribution in [0.5, 0.6) is 5.75 Å². The van der Waals surface area contributed by atoms with E-state index in [2.05, 4.69) is 0 Å². The highest BCUT2D eigenvalue weighted by Crippen LogP contribution is 2.39. The van der Waals surface area contributed by atoms with E-state index < -0.39 is 5.79 Å². The van der Waals surface area contributed by atoms with Crippen molar-refractivity contribution in [3.8, 4) is 17.1 Å². The van der Waals surface area contributed by atoms with Crippen molar-refractivity contribution in [2.24, 2.45) is 0 Å². The molecule has 4 heterocycles. The number of benzene rings is 1. The second-order valence-electron chi connectivity index (χ2n) is 6.91. The Bertz CT molecular complexity index is 937. The summed E-state index contributed by atoms with van der Waals surface area (Å²) >= 11 is 0. The SMILES string of the molecule is O=C(c1ccoc1)N1CCC2(CC1)OCc1cc(-c3ccco3)ccc1O2. The second kappa shape index (κ2) is 6.32. The van der Waals surface area contributed by atoms with Gasteiger partial charge in [0, 0.05) is 37.1 Å². The van der Waals surface area contributed by atoms with Gasteiger partial charge in [-0.1, -0.05) is 0 Å². The van der Waals surface area contributed by atoms with Crippen LogP contribution in [-0.4, -0.2) is 29.7 Å². The first-order valence-corrected chi connectivity index (χ1v) is 9.04. The lowest BCUT2D eigenvalue weighted by Gasteiger charge is -2.44. The molecule has 2 aliphatic rings. The molecule has 1 amide bonds. The van der Waals surface area contributed by atoms with Crippen molar-refractivity contribution < 1.29 is 23.1 Å². The van der Waals surface area contributed by atoms with Gasteiger partial charge in [-0.3, -0.25) is 4.79 Å². The topological polar surface area (TPSA) is 65.1 Å². The number of likely N-dealkylation sites (tertiary alicyclic amines) is 1. The Labute approximate surface area is 156 Å². The van der Waals surface area contributed by atoms with Gasteiger partial charge >= 0.3 is 0 Å². The lowest BCUT2D eigenvalue weighted by Crippen LogP contribution is -2.52. The number of carbonyl (C=O) groups is 1. The first kappa shape index (κ1) is 16.2. The van der Waals surface area contributed by atoms with E-state index in [1.54, 1.807) is 12.3 Å². The Balaban J connectivity index is 1.29. The van der Waals surface area contributed by atoms with E-state index in [4.69, 9.17) is 18.3 Å². The van der Waals surface area contributed by atoms with Crippen molar-refractivity contribution in [1.29, 1.82) is 0 Å². The van der Waals surface area contributed by atoms with Crippen LogP contribution in [0.3, 0.4) is 0 Å². The van der Waals surface area contributed by atoms with Crippen LogP contribution < -0.4 is 4.74 Å². The third kappa shape index (κ3) is 2.92. The highest BCUT2D eigenvalue weighted by Gasteiger charge is 2.42. The fourth-order valence-corrected chi connectivity index (χ4v) is 3.69. The van der Waals surface area contributed by atoms with E-state index in [0.29, 0.717) is 38.1 Å². The predicted octanol–water partition coefficient (Wildman–Crippen LogP) is 4.08. The van der Waals surface area contributed by atoms with E-state index in [0.717, 1.165) is 22.6 Å². The first-order valence-electron chi connectivity index (χ1n) is 9.04. The molecule has 1 saturated heterocycles. The van der Waals surface area contributed by atoms with Gasteiger partial charge in [0.1, 0.15) is 17.8 Å². The lowest BCUT2D eigenvalue weighted by molar-refractivity contribution is -0.225. The molecule has 138 valence electrons. The number of ether oxygens (including phenoxy) is 2. The minimum absolute atomic E-state index is 0.0158. The van der Waals surface area contributed by atoms with Gasteiger partial charge in [0.05, 0.1) is 24.7 Å². The van der Waals surface area contributed by atoms with Crippen LogP contribution in [0.2, 0.25) is 0 Å². The summed E-state index contributed by atoms with van der Waals surface area (Å²) in [6.45, 7) is 1.66.